The van der Waals surface area contributed by atoms with Crippen molar-refractivity contribution >= 4 is 11.8 Å². The molecule has 1 aromatic carbocycles. The summed E-state index contributed by atoms with van der Waals surface area (Å²) in [6.07, 6.45) is 0.596. The van der Waals surface area contributed by atoms with Crippen LogP contribution in [0.1, 0.15) is 30.3 Å². The maximum Gasteiger partial charge on any atom is 0.224 e. The van der Waals surface area contributed by atoms with Crippen LogP contribution in [-0.2, 0) is 22.6 Å². The first-order valence-corrected chi connectivity index (χ1v) is 8.55. The summed E-state index contributed by atoms with van der Waals surface area (Å²) in [6.45, 7) is 6.86. The van der Waals surface area contributed by atoms with Crippen LogP contribution in [0.15, 0.2) is 36.4 Å². The third kappa shape index (κ3) is 6.41. The maximum atomic E-state index is 12.0. The number of hydrogen-bond acceptors (Lipinski definition) is 3. The van der Waals surface area contributed by atoms with Crippen molar-refractivity contribution in [1.82, 2.24) is 20.4 Å². The zero-order chi connectivity index (χ0) is 18.2. The fraction of sp³-hybridized carbons (Fsp3) is 0.421. The summed E-state index contributed by atoms with van der Waals surface area (Å²) in [4.78, 5) is 23.8. The first-order chi connectivity index (χ1) is 11.9. The first-order valence-electron chi connectivity index (χ1n) is 8.55. The lowest BCUT2D eigenvalue weighted by Gasteiger charge is -2.15. The average Bonchev–Trinajstić information content (AvgIpc) is 2.85. The van der Waals surface area contributed by atoms with Crippen molar-refractivity contribution in [2.24, 2.45) is 0 Å². The number of benzene rings is 1. The Bertz CT molecular complexity index is 709. The van der Waals surface area contributed by atoms with Crippen molar-refractivity contribution in [3.05, 3.63) is 53.3 Å². The Morgan fingerprint density at radius 1 is 1.16 bits per heavy atom. The van der Waals surface area contributed by atoms with Crippen LogP contribution in [0.4, 0.5) is 0 Å². The molecule has 0 saturated carbocycles. The summed E-state index contributed by atoms with van der Waals surface area (Å²) >= 11 is 0. The molecular formula is C19H26N4O2. The van der Waals surface area contributed by atoms with Crippen molar-refractivity contribution < 1.29 is 9.59 Å². The van der Waals surface area contributed by atoms with Crippen LogP contribution in [0.25, 0.3) is 0 Å². The number of aromatic nitrogens is 2. The molecule has 25 heavy (non-hydrogen) atoms. The van der Waals surface area contributed by atoms with E-state index >= 15 is 0 Å². The Morgan fingerprint density at radius 3 is 2.52 bits per heavy atom. The highest BCUT2D eigenvalue weighted by molar-refractivity contribution is 5.80. The van der Waals surface area contributed by atoms with Crippen molar-refractivity contribution in [2.45, 2.75) is 46.2 Å². The monoisotopic (exact) mass is 342 g/mol. The molecule has 0 aliphatic heterocycles. The van der Waals surface area contributed by atoms with Gasteiger partial charge in [-0.05, 0) is 32.4 Å². The van der Waals surface area contributed by atoms with Gasteiger partial charge in [-0.15, -0.1) is 0 Å². The van der Waals surface area contributed by atoms with Crippen LogP contribution in [-0.4, -0.2) is 34.2 Å². The van der Waals surface area contributed by atoms with Crippen molar-refractivity contribution in [3.63, 3.8) is 0 Å². The summed E-state index contributed by atoms with van der Waals surface area (Å²) in [5, 5.41) is 10.1. The lowest BCUT2D eigenvalue weighted by atomic mass is 10.1. The quantitative estimate of drug-likeness (QED) is 0.767. The van der Waals surface area contributed by atoms with Gasteiger partial charge in [-0.3, -0.25) is 14.3 Å². The van der Waals surface area contributed by atoms with E-state index < -0.39 is 0 Å². The average molecular weight is 342 g/mol. The number of rotatable bonds is 8. The molecule has 6 heteroatoms. The Kier molecular flexibility index (Phi) is 6.74. The van der Waals surface area contributed by atoms with E-state index in [0.717, 1.165) is 17.0 Å². The predicted octanol–water partition coefficient (Wildman–Crippen LogP) is 1.75. The molecule has 0 unspecified atom stereocenters. The Hall–Kier alpha value is -2.63. The zero-order valence-corrected chi connectivity index (χ0v) is 15.1. The van der Waals surface area contributed by atoms with Gasteiger partial charge >= 0.3 is 0 Å². The molecule has 6 nitrogen and oxygen atoms in total. The molecule has 1 aromatic heterocycles. The largest absolute Gasteiger partial charge is 0.355 e. The van der Waals surface area contributed by atoms with E-state index in [1.54, 1.807) is 0 Å². The molecule has 1 heterocycles. The number of aryl methyl sites for hydroxylation is 2. The number of amides is 2. The molecule has 0 fully saturated rings. The number of nitrogens with zero attached hydrogens (tertiary/aromatic N) is 2. The van der Waals surface area contributed by atoms with Gasteiger partial charge in [0.25, 0.3) is 0 Å². The molecular weight excluding hydrogens is 316 g/mol. The maximum absolute atomic E-state index is 12.0. The zero-order valence-electron chi connectivity index (χ0n) is 15.1. The molecule has 0 saturated heterocycles. The number of nitrogens with one attached hydrogen (secondary N) is 2. The Labute approximate surface area is 148 Å². The highest BCUT2D eigenvalue weighted by Gasteiger charge is 2.11. The van der Waals surface area contributed by atoms with Gasteiger partial charge in [0.15, 0.2) is 0 Å². The van der Waals surface area contributed by atoms with E-state index in [4.69, 9.17) is 0 Å². The molecule has 2 aromatic rings. The van der Waals surface area contributed by atoms with Gasteiger partial charge in [0.2, 0.25) is 11.8 Å². The molecule has 1 atom stereocenters. The highest BCUT2D eigenvalue weighted by atomic mass is 16.2. The van der Waals surface area contributed by atoms with E-state index in [1.165, 1.54) is 0 Å². The summed E-state index contributed by atoms with van der Waals surface area (Å²) in [5.41, 5.74) is 3.01. The van der Waals surface area contributed by atoms with Crippen LogP contribution in [0.5, 0.6) is 0 Å². The van der Waals surface area contributed by atoms with E-state index in [1.807, 2.05) is 61.9 Å². The van der Waals surface area contributed by atoms with Crippen LogP contribution >= 0.6 is 0 Å². The summed E-state index contributed by atoms with van der Waals surface area (Å²) in [6, 6.07) is 11.5. The number of hydrogen-bond donors (Lipinski definition) is 2. The molecule has 134 valence electrons. The van der Waals surface area contributed by atoms with E-state index in [2.05, 4.69) is 15.7 Å². The highest BCUT2D eigenvalue weighted by Crippen LogP contribution is 2.03. The first kappa shape index (κ1) is 18.7. The normalized spacial score (nSPS) is 11.8. The third-order valence-corrected chi connectivity index (χ3v) is 3.84. The molecule has 0 radical (unpaired) electrons. The third-order valence-electron chi connectivity index (χ3n) is 3.84. The van der Waals surface area contributed by atoms with Gasteiger partial charge in [-0.2, -0.15) is 5.10 Å². The van der Waals surface area contributed by atoms with Crippen molar-refractivity contribution in [2.75, 3.05) is 6.54 Å². The van der Waals surface area contributed by atoms with Gasteiger partial charge in [0, 0.05) is 24.7 Å². The Morgan fingerprint density at radius 2 is 1.88 bits per heavy atom. The fourth-order valence-corrected chi connectivity index (χ4v) is 2.67. The second kappa shape index (κ2) is 9.01. The molecule has 2 amide bonds. The SMILES string of the molecule is Cc1cc(C)n(C[C@H](C)NC(=O)CCNC(=O)Cc2ccccc2)n1. The van der Waals surface area contributed by atoms with Gasteiger partial charge in [0.1, 0.15) is 0 Å². The lowest BCUT2D eigenvalue weighted by molar-refractivity contribution is -0.122. The molecule has 0 bridgehead atoms. The minimum Gasteiger partial charge on any atom is -0.355 e. The Balaban J connectivity index is 1.66. The van der Waals surface area contributed by atoms with Crippen LogP contribution < -0.4 is 10.6 Å². The molecule has 2 N–H and O–H groups in total. The molecule has 2 rings (SSSR count). The lowest BCUT2D eigenvalue weighted by Crippen LogP contribution is -2.38. The molecule has 0 aliphatic rings. The van der Waals surface area contributed by atoms with Gasteiger partial charge in [0.05, 0.1) is 18.7 Å². The number of carbonyl (C=O) groups excluding carboxylic acids is 2. The molecule has 0 spiro atoms. The van der Waals surface area contributed by atoms with Gasteiger partial charge in [-0.1, -0.05) is 30.3 Å². The second-order valence-electron chi connectivity index (χ2n) is 6.34. The van der Waals surface area contributed by atoms with E-state index in [-0.39, 0.29) is 24.3 Å². The van der Waals surface area contributed by atoms with Crippen LogP contribution in [0.2, 0.25) is 0 Å². The van der Waals surface area contributed by atoms with E-state index in [0.29, 0.717) is 19.5 Å². The van der Waals surface area contributed by atoms with Gasteiger partial charge < -0.3 is 10.6 Å². The summed E-state index contributed by atoms with van der Waals surface area (Å²) < 4.78 is 1.89. The second-order valence-corrected chi connectivity index (χ2v) is 6.34. The summed E-state index contributed by atoms with van der Waals surface area (Å²) in [5.74, 6) is -0.149. The van der Waals surface area contributed by atoms with Crippen LogP contribution in [0, 0.1) is 13.8 Å². The summed E-state index contributed by atoms with van der Waals surface area (Å²) in [7, 11) is 0. The van der Waals surface area contributed by atoms with Gasteiger partial charge in [-0.25, -0.2) is 0 Å². The van der Waals surface area contributed by atoms with Crippen LogP contribution in [0.3, 0.4) is 0 Å². The fourth-order valence-electron chi connectivity index (χ4n) is 2.67. The van der Waals surface area contributed by atoms with Crippen molar-refractivity contribution in [1.29, 1.82) is 0 Å². The topological polar surface area (TPSA) is 76.0 Å². The predicted molar refractivity (Wildman–Crippen MR) is 97.1 cm³/mol. The number of carbonyl (C=O) groups is 2. The minimum absolute atomic E-state index is 0.0227. The van der Waals surface area contributed by atoms with E-state index in [9.17, 15) is 9.59 Å². The molecule has 0 aliphatic carbocycles. The smallest absolute Gasteiger partial charge is 0.224 e. The standard InChI is InChI=1S/C19H26N4O2/c1-14-11-16(3)23(22-14)13-15(2)21-18(24)9-10-20-19(25)12-17-7-5-4-6-8-17/h4-8,11,15H,9-10,12-13H2,1-3H3,(H,20,25)(H,21,24)/t15-/m0/s1. The minimum atomic E-state index is -0.0750. The van der Waals surface area contributed by atoms with Crippen molar-refractivity contribution in [3.8, 4) is 0 Å².